The third-order valence-electron chi connectivity index (χ3n) is 8.46. The van der Waals surface area contributed by atoms with E-state index in [0.29, 0.717) is 24.9 Å². The van der Waals surface area contributed by atoms with Crippen LogP contribution in [0.5, 0.6) is 0 Å². The van der Waals surface area contributed by atoms with E-state index in [4.69, 9.17) is 8.83 Å². The van der Waals surface area contributed by atoms with Crippen molar-refractivity contribution < 1.29 is 79.1 Å². The van der Waals surface area contributed by atoms with Crippen molar-refractivity contribution in [2.75, 3.05) is 0 Å². The molecular weight excluding hydrogens is 796 g/mol. The Morgan fingerprint density at radius 1 is 0.375 bits per heavy atom. The molecule has 56 heavy (non-hydrogen) atoms. The molecule has 7 aromatic rings. The molecule has 0 bridgehead atoms. The van der Waals surface area contributed by atoms with E-state index in [1.54, 1.807) is 0 Å². The van der Waals surface area contributed by atoms with Gasteiger partial charge in [-0.05, 0) is 59.7 Å². The van der Waals surface area contributed by atoms with Crippen LogP contribution in [0.25, 0.3) is 66.7 Å². The maximum atomic E-state index is 15.8. The van der Waals surface area contributed by atoms with Crippen molar-refractivity contribution in [2.24, 2.45) is 0 Å². The predicted molar refractivity (Wildman–Crippen MR) is 163 cm³/mol. The number of nitrogens with zero attached hydrogens (tertiary/aromatic N) is 2. The molecule has 0 amide bonds. The SMILES string of the molecule is Fc1cc(F)c(-c2cc(C(F)(F)F)cc(C(F)(F)F)c2)c(-c2c3ncoc3c(-c3cc(F)cc(F)c3-c3cc(C(F)(F)F)cc(C(F)(F)F)c3)c3ncoc23)c1. The summed E-state index contributed by atoms with van der Waals surface area (Å²) in [6.45, 7) is 0. The molecule has 0 aliphatic rings. The second-order valence-corrected chi connectivity index (χ2v) is 12.0. The summed E-state index contributed by atoms with van der Waals surface area (Å²) < 4.78 is 238. The van der Waals surface area contributed by atoms with Crippen molar-refractivity contribution in [3.63, 3.8) is 0 Å². The van der Waals surface area contributed by atoms with E-state index in [1.165, 1.54) is 0 Å². The minimum atomic E-state index is -5.41. The van der Waals surface area contributed by atoms with Crippen LogP contribution in [0.4, 0.5) is 70.2 Å². The molecule has 0 aliphatic heterocycles. The minimum Gasteiger partial charge on any atom is -0.443 e. The van der Waals surface area contributed by atoms with Gasteiger partial charge >= 0.3 is 24.7 Å². The van der Waals surface area contributed by atoms with Crippen molar-refractivity contribution in [1.82, 2.24) is 9.97 Å². The van der Waals surface area contributed by atoms with Crippen LogP contribution >= 0.6 is 0 Å². The topological polar surface area (TPSA) is 52.1 Å². The minimum absolute atomic E-state index is 0.143. The number of alkyl halides is 12. The van der Waals surface area contributed by atoms with Crippen LogP contribution in [0.2, 0.25) is 0 Å². The molecule has 7 rings (SSSR count). The molecule has 290 valence electrons. The molecule has 2 heterocycles. The van der Waals surface area contributed by atoms with Gasteiger partial charge in [-0.1, -0.05) is 0 Å². The molecule has 20 heteroatoms. The quantitative estimate of drug-likeness (QED) is 0.166. The van der Waals surface area contributed by atoms with Gasteiger partial charge in [0.15, 0.2) is 24.0 Å². The van der Waals surface area contributed by atoms with E-state index >= 15 is 8.78 Å². The molecular formula is C36H12F16N2O2. The highest BCUT2D eigenvalue weighted by molar-refractivity contribution is 6.18. The normalized spacial score (nSPS) is 13.0. The number of benzene rings is 5. The first-order valence-electron chi connectivity index (χ1n) is 15.1. The second kappa shape index (κ2) is 12.7. The molecule has 0 fully saturated rings. The Balaban J connectivity index is 1.58. The fourth-order valence-electron chi connectivity index (χ4n) is 6.24. The van der Waals surface area contributed by atoms with E-state index in [2.05, 4.69) is 9.97 Å². The lowest BCUT2D eigenvalue weighted by molar-refractivity contribution is -0.144. The van der Waals surface area contributed by atoms with Crippen molar-refractivity contribution >= 4 is 22.2 Å². The average Bonchev–Trinajstić information content (AvgIpc) is 3.75. The molecule has 0 N–H and O–H groups in total. The summed E-state index contributed by atoms with van der Waals surface area (Å²) in [5.41, 5.74) is -17.3. The molecule has 0 saturated heterocycles. The van der Waals surface area contributed by atoms with E-state index in [-0.39, 0.29) is 48.5 Å². The van der Waals surface area contributed by atoms with Gasteiger partial charge in [0.25, 0.3) is 0 Å². The van der Waals surface area contributed by atoms with E-state index < -0.39 is 137 Å². The highest BCUT2D eigenvalue weighted by atomic mass is 19.4. The number of hydrogen-bond acceptors (Lipinski definition) is 4. The molecule has 0 radical (unpaired) electrons. The zero-order valence-electron chi connectivity index (χ0n) is 26.7. The predicted octanol–water partition coefficient (Wildman–Crippen LogP) is 13.3. The number of hydrogen-bond donors (Lipinski definition) is 0. The summed E-state index contributed by atoms with van der Waals surface area (Å²) in [7, 11) is 0. The van der Waals surface area contributed by atoms with Gasteiger partial charge in [0, 0.05) is 34.4 Å². The summed E-state index contributed by atoms with van der Waals surface area (Å²) in [6, 6.07) is 1.33. The zero-order valence-corrected chi connectivity index (χ0v) is 26.7. The van der Waals surface area contributed by atoms with Crippen LogP contribution < -0.4 is 0 Å². The van der Waals surface area contributed by atoms with E-state index in [1.807, 2.05) is 0 Å². The van der Waals surface area contributed by atoms with Crippen LogP contribution in [0.3, 0.4) is 0 Å². The van der Waals surface area contributed by atoms with Crippen LogP contribution in [-0.4, -0.2) is 9.97 Å². The van der Waals surface area contributed by atoms with Crippen molar-refractivity contribution in [3.8, 4) is 44.5 Å². The Morgan fingerprint density at radius 3 is 0.964 bits per heavy atom. The summed E-state index contributed by atoms with van der Waals surface area (Å²) in [5, 5.41) is 0. The van der Waals surface area contributed by atoms with Crippen LogP contribution in [-0.2, 0) is 24.7 Å². The molecule has 0 saturated carbocycles. The number of halogens is 16. The lowest BCUT2D eigenvalue weighted by Gasteiger charge is -2.19. The maximum Gasteiger partial charge on any atom is 0.416 e. The van der Waals surface area contributed by atoms with Gasteiger partial charge in [0.2, 0.25) is 0 Å². The lowest BCUT2D eigenvalue weighted by atomic mass is 9.87. The molecule has 0 spiro atoms. The Kier molecular flexibility index (Phi) is 8.69. The standard InChI is InChI=1S/C36H12F16N2O2/c37-19-7-21(25(23(39)9-19)13-1-15(33(41,42)43)5-16(2-13)34(44,45)46)27-29-32(56-11-53-29)28(30-31(27)55-12-54-30)22-8-20(38)10-24(40)26(22)14-3-17(35(47,48)49)6-18(4-14)36(50,51)52/h1-12H. The summed E-state index contributed by atoms with van der Waals surface area (Å²) in [4.78, 5) is 7.83. The molecule has 4 nitrogen and oxygen atoms in total. The Bertz CT molecular complexity index is 2400. The first-order valence-corrected chi connectivity index (χ1v) is 15.1. The third kappa shape index (κ3) is 6.65. The first-order chi connectivity index (χ1) is 25.9. The number of fused-ring (bicyclic) bond motifs is 2. The van der Waals surface area contributed by atoms with Gasteiger partial charge in [0.05, 0.1) is 33.4 Å². The van der Waals surface area contributed by atoms with Gasteiger partial charge in [-0.3, -0.25) is 0 Å². The zero-order chi connectivity index (χ0) is 40.9. The second-order valence-electron chi connectivity index (χ2n) is 12.0. The number of rotatable bonds is 4. The van der Waals surface area contributed by atoms with Crippen LogP contribution in [0, 0.1) is 23.3 Å². The maximum absolute atomic E-state index is 15.8. The van der Waals surface area contributed by atoms with Crippen molar-refractivity contribution in [3.05, 3.63) is 119 Å². The Morgan fingerprint density at radius 2 is 0.679 bits per heavy atom. The smallest absolute Gasteiger partial charge is 0.416 e. The fourth-order valence-corrected chi connectivity index (χ4v) is 6.24. The largest absolute Gasteiger partial charge is 0.443 e. The summed E-state index contributed by atoms with van der Waals surface area (Å²) >= 11 is 0. The molecule has 0 aliphatic carbocycles. The fraction of sp³-hybridized carbons (Fsp3) is 0.111. The summed E-state index contributed by atoms with van der Waals surface area (Å²) in [6.07, 6.45) is -20.4. The van der Waals surface area contributed by atoms with Crippen LogP contribution in [0.1, 0.15) is 22.3 Å². The van der Waals surface area contributed by atoms with E-state index in [0.717, 1.165) is 0 Å². The number of aromatic nitrogens is 2. The monoisotopic (exact) mass is 808 g/mol. The molecule has 0 atom stereocenters. The lowest BCUT2D eigenvalue weighted by Crippen LogP contribution is -2.11. The highest BCUT2D eigenvalue weighted by Gasteiger charge is 2.40. The number of oxazole rings is 2. The van der Waals surface area contributed by atoms with Crippen molar-refractivity contribution in [2.45, 2.75) is 24.7 Å². The average molecular weight is 808 g/mol. The molecule has 5 aromatic carbocycles. The van der Waals surface area contributed by atoms with Gasteiger partial charge in [-0.15, -0.1) is 0 Å². The van der Waals surface area contributed by atoms with Crippen molar-refractivity contribution in [1.29, 1.82) is 0 Å². The Labute approximate surface area is 299 Å². The first kappa shape index (κ1) is 38.2. The van der Waals surface area contributed by atoms with Gasteiger partial charge in [0.1, 0.15) is 34.3 Å². The molecule has 2 aromatic heterocycles. The summed E-state index contributed by atoms with van der Waals surface area (Å²) in [5.74, 6) is -6.25. The van der Waals surface area contributed by atoms with Gasteiger partial charge < -0.3 is 8.83 Å². The van der Waals surface area contributed by atoms with Crippen LogP contribution in [0.15, 0.2) is 82.3 Å². The highest BCUT2D eigenvalue weighted by Crippen LogP contribution is 2.50. The van der Waals surface area contributed by atoms with Gasteiger partial charge in [-0.2, -0.15) is 52.7 Å². The van der Waals surface area contributed by atoms with Gasteiger partial charge in [-0.25, -0.2) is 27.5 Å². The van der Waals surface area contributed by atoms with E-state index in [9.17, 15) is 61.5 Å². The third-order valence-corrected chi connectivity index (χ3v) is 8.46. The Hall–Kier alpha value is -6.08. The molecule has 0 unspecified atom stereocenters.